The van der Waals surface area contributed by atoms with E-state index in [9.17, 15) is 26.3 Å². The Hall–Kier alpha value is -1.33. The Morgan fingerprint density at radius 2 is 1.71 bits per heavy atom. The van der Waals surface area contributed by atoms with Crippen LogP contribution in [0.3, 0.4) is 0 Å². The number of anilines is 2. The first kappa shape index (κ1) is 19.0. The van der Waals surface area contributed by atoms with Crippen LogP contribution in [0.15, 0.2) is 17.0 Å². The summed E-state index contributed by atoms with van der Waals surface area (Å²) in [6, 6.07) is 2.01. The number of nitrogens with one attached hydrogen (secondary N) is 1. The quantitative estimate of drug-likeness (QED) is 0.536. The van der Waals surface area contributed by atoms with Crippen LogP contribution in [0.5, 0.6) is 0 Å². The first-order valence-corrected chi connectivity index (χ1v) is 7.44. The summed E-state index contributed by atoms with van der Waals surface area (Å²) in [7, 11) is 1.20. The molecule has 2 rings (SSSR count). The van der Waals surface area contributed by atoms with Crippen molar-refractivity contribution < 1.29 is 26.3 Å². The van der Waals surface area contributed by atoms with Crippen molar-refractivity contribution in [1.29, 1.82) is 0 Å². The minimum absolute atomic E-state index is 0.0163. The van der Waals surface area contributed by atoms with E-state index in [0.29, 0.717) is 0 Å². The Kier molecular flexibility index (Phi) is 5.17. The molecule has 0 spiro atoms. The molecule has 0 atom stereocenters. The average Bonchev–Trinajstić information content (AvgIpc) is 2.75. The highest BCUT2D eigenvalue weighted by atomic mass is 35.5. The van der Waals surface area contributed by atoms with Crippen molar-refractivity contribution >= 4 is 46.6 Å². The molecule has 0 unspecified atom stereocenters. The second kappa shape index (κ2) is 6.52. The number of thioether (sulfide) groups is 1. The highest BCUT2D eigenvalue weighted by Gasteiger charge is 2.37. The predicted octanol–water partition coefficient (Wildman–Crippen LogP) is 5.50. The molecule has 0 radical (unpaired) electrons. The second-order valence-electron chi connectivity index (χ2n) is 4.32. The number of hydrogen-bond donors (Lipinski definition) is 1. The van der Waals surface area contributed by atoms with Crippen molar-refractivity contribution in [2.75, 3.05) is 5.32 Å². The third-order valence-corrected chi connectivity index (χ3v) is 4.04. The van der Waals surface area contributed by atoms with Gasteiger partial charge in [-0.2, -0.15) is 31.3 Å². The maximum atomic E-state index is 12.6. The van der Waals surface area contributed by atoms with Crippen molar-refractivity contribution in [3.05, 3.63) is 28.0 Å². The van der Waals surface area contributed by atoms with Crippen molar-refractivity contribution in [1.82, 2.24) is 14.8 Å². The van der Waals surface area contributed by atoms with E-state index in [4.69, 9.17) is 23.2 Å². The lowest BCUT2D eigenvalue weighted by Gasteiger charge is -2.12. The molecular formula is C11H6Cl2F6N4S. The van der Waals surface area contributed by atoms with Gasteiger partial charge in [-0.1, -0.05) is 23.2 Å². The summed E-state index contributed by atoms with van der Waals surface area (Å²) >= 11 is 11.1. The maximum Gasteiger partial charge on any atom is 0.453 e. The highest BCUT2D eigenvalue weighted by Crippen LogP contribution is 2.43. The fourth-order valence-electron chi connectivity index (χ4n) is 1.56. The van der Waals surface area contributed by atoms with Crippen LogP contribution in [-0.4, -0.2) is 20.3 Å². The van der Waals surface area contributed by atoms with E-state index >= 15 is 0 Å². The van der Waals surface area contributed by atoms with Crippen LogP contribution in [0, 0.1) is 0 Å². The monoisotopic (exact) mass is 410 g/mol. The average molecular weight is 411 g/mol. The van der Waals surface area contributed by atoms with Gasteiger partial charge in [0, 0.05) is 11.9 Å². The first-order valence-electron chi connectivity index (χ1n) is 5.87. The molecule has 1 heterocycles. The number of alkyl halides is 6. The van der Waals surface area contributed by atoms with Gasteiger partial charge >= 0.3 is 11.7 Å². The molecule has 0 fully saturated rings. The number of aryl methyl sites for hydroxylation is 1. The van der Waals surface area contributed by atoms with E-state index in [1.807, 2.05) is 0 Å². The summed E-state index contributed by atoms with van der Waals surface area (Å²) in [5.41, 5.74) is -4.58. The van der Waals surface area contributed by atoms with Gasteiger partial charge in [0.1, 0.15) is 0 Å². The Bertz CT molecular complexity index is 758. The van der Waals surface area contributed by atoms with Crippen LogP contribution in [0.1, 0.15) is 5.82 Å². The van der Waals surface area contributed by atoms with Gasteiger partial charge in [0.2, 0.25) is 5.95 Å². The molecule has 24 heavy (non-hydrogen) atoms. The smallest absolute Gasteiger partial charge is 0.323 e. The van der Waals surface area contributed by atoms with Gasteiger partial charge in [0.25, 0.3) is 5.82 Å². The van der Waals surface area contributed by atoms with Gasteiger partial charge in [0.15, 0.2) is 0 Å². The molecule has 132 valence electrons. The minimum Gasteiger partial charge on any atom is -0.323 e. The lowest BCUT2D eigenvalue weighted by atomic mass is 10.3. The molecule has 0 aliphatic rings. The molecule has 0 saturated heterocycles. The van der Waals surface area contributed by atoms with Crippen molar-refractivity contribution in [2.24, 2.45) is 7.05 Å². The zero-order chi connectivity index (χ0) is 18.3. The summed E-state index contributed by atoms with van der Waals surface area (Å²) in [5.74, 6) is -1.68. The Labute approximate surface area is 145 Å². The number of halogens is 8. The zero-order valence-corrected chi connectivity index (χ0v) is 13.8. The summed E-state index contributed by atoms with van der Waals surface area (Å²) in [6.45, 7) is 0. The molecule has 0 saturated carbocycles. The molecule has 4 nitrogen and oxygen atoms in total. The van der Waals surface area contributed by atoms with Crippen LogP contribution in [-0.2, 0) is 13.2 Å². The second-order valence-corrected chi connectivity index (χ2v) is 6.24. The molecule has 0 amide bonds. The Morgan fingerprint density at radius 1 is 1.08 bits per heavy atom. The summed E-state index contributed by atoms with van der Waals surface area (Å²) < 4.78 is 75.6. The Morgan fingerprint density at radius 3 is 2.21 bits per heavy atom. The van der Waals surface area contributed by atoms with E-state index in [2.05, 4.69) is 15.4 Å². The molecule has 1 N–H and O–H groups in total. The molecule has 1 aromatic heterocycles. The maximum absolute atomic E-state index is 12.6. The van der Waals surface area contributed by atoms with Crippen LogP contribution < -0.4 is 5.32 Å². The number of rotatable bonds is 3. The summed E-state index contributed by atoms with van der Waals surface area (Å²) in [5, 5.41) is 5.18. The van der Waals surface area contributed by atoms with Gasteiger partial charge in [-0.15, -0.1) is 5.10 Å². The third kappa shape index (κ3) is 4.61. The lowest BCUT2D eigenvalue weighted by molar-refractivity contribution is -0.144. The van der Waals surface area contributed by atoms with Gasteiger partial charge in [0.05, 0.1) is 15.7 Å². The molecular weight excluding hydrogens is 405 g/mol. The lowest BCUT2D eigenvalue weighted by Crippen LogP contribution is -2.08. The number of aromatic nitrogens is 3. The SMILES string of the molecule is Cn1nc(C(F)(F)F)nc1Nc1cc(Cl)c(SC(F)(F)F)cc1Cl. The fourth-order valence-corrected chi connectivity index (χ4v) is 2.70. The highest BCUT2D eigenvalue weighted by molar-refractivity contribution is 8.00. The summed E-state index contributed by atoms with van der Waals surface area (Å²) in [4.78, 5) is 2.92. The molecule has 13 heteroatoms. The van der Waals surface area contributed by atoms with Crippen LogP contribution in [0.25, 0.3) is 0 Å². The van der Waals surface area contributed by atoms with E-state index in [0.717, 1.165) is 16.8 Å². The van der Waals surface area contributed by atoms with Gasteiger partial charge in [-0.3, -0.25) is 0 Å². The van der Waals surface area contributed by atoms with Crippen LogP contribution in [0.2, 0.25) is 10.0 Å². The first-order chi connectivity index (χ1) is 10.9. The number of nitrogens with zero attached hydrogens (tertiary/aromatic N) is 3. The zero-order valence-electron chi connectivity index (χ0n) is 11.4. The standard InChI is InChI=1S/C11H6Cl2F6N4S/c1-23-9(21-8(22-23)10(14,15)16)20-6-2-5(13)7(3-4(6)12)24-11(17,18)19/h2-3H,1H3,(H,20,21,22). The van der Waals surface area contributed by atoms with E-state index in [-0.39, 0.29) is 26.6 Å². The van der Waals surface area contributed by atoms with E-state index < -0.39 is 29.3 Å². The van der Waals surface area contributed by atoms with Gasteiger partial charge in [-0.25, -0.2) is 4.68 Å². The topological polar surface area (TPSA) is 42.7 Å². The van der Waals surface area contributed by atoms with Crippen molar-refractivity contribution in [2.45, 2.75) is 16.6 Å². The van der Waals surface area contributed by atoms with Crippen molar-refractivity contribution in [3.8, 4) is 0 Å². The largest absolute Gasteiger partial charge is 0.453 e. The van der Waals surface area contributed by atoms with E-state index in [1.165, 1.54) is 7.05 Å². The third-order valence-electron chi connectivity index (χ3n) is 2.51. The molecule has 2 aromatic rings. The summed E-state index contributed by atoms with van der Waals surface area (Å²) in [6.07, 6.45) is -4.74. The number of benzene rings is 1. The van der Waals surface area contributed by atoms with Crippen LogP contribution in [0.4, 0.5) is 38.0 Å². The predicted molar refractivity (Wildman–Crippen MR) is 77.7 cm³/mol. The fraction of sp³-hybridized carbons (Fsp3) is 0.273. The van der Waals surface area contributed by atoms with Crippen molar-refractivity contribution in [3.63, 3.8) is 0 Å². The minimum atomic E-state index is -4.74. The van der Waals surface area contributed by atoms with Gasteiger partial charge < -0.3 is 5.32 Å². The molecule has 1 aromatic carbocycles. The number of hydrogen-bond acceptors (Lipinski definition) is 4. The van der Waals surface area contributed by atoms with Crippen LogP contribution >= 0.6 is 35.0 Å². The van der Waals surface area contributed by atoms with E-state index in [1.54, 1.807) is 0 Å². The molecule has 0 aliphatic carbocycles. The van der Waals surface area contributed by atoms with Gasteiger partial charge in [-0.05, 0) is 23.9 Å². The molecule has 0 bridgehead atoms. The Balaban J connectivity index is 2.31. The molecule has 0 aliphatic heterocycles. The normalized spacial score (nSPS) is 12.5.